The zero-order valence-electron chi connectivity index (χ0n) is 12.7. The predicted octanol–water partition coefficient (Wildman–Crippen LogP) is 2.85. The minimum atomic E-state index is 0.653. The molecule has 0 radical (unpaired) electrons. The fourth-order valence-electron chi connectivity index (χ4n) is 2.57. The molecule has 1 aliphatic rings. The Kier molecular flexibility index (Phi) is 4.51. The molecule has 1 N–H and O–H groups in total. The van der Waals surface area contributed by atoms with E-state index in [0.29, 0.717) is 5.92 Å². The summed E-state index contributed by atoms with van der Waals surface area (Å²) < 4.78 is 0. The lowest BCUT2D eigenvalue weighted by atomic mass is 10.1. The summed E-state index contributed by atoms with van der Waals surface area (Å²) in [6.45, 7) is 8.20. The second-order valence-corrected chi connectivity index (χ2v) is 6.93. The lowest BCUT2D eigenvalue weighted by molar-refractivity contribution is 0.547. The van der Waals surface area contributed by atoms with Crippen molar-refractivity contribution in [2.45, 2.75) is 33.4 Å². The molecule has 0 unspecified atom stereocenters. The first kappa shape index (κ1) is 14.5. The van der Waals surface area contributed by atoms with Crippen molar-refractivity contribution in [3.63, 3.8) is 0 Å². The second kappa shape index (κ2) is 6.54. The van der Waals surface area contributed by atoms with Gasteiger partial charge >= 0.3 is 0 Å². The van der Waals surface area contributed by atoms with Crippen LogP contribution in [-0.2, 0) is 19.5 Å². The van der Waals surface area contributed by atoms with Gasteiger partial charge in [-0.2, -0.15) is 0 Å². The fourth-order valence-corrected chi connectivity index (χ4v) is 3.45. The van der Waals surface area contributed by atoms with Gasteiger partial charge in [0.25, 0.3) is 0 Å². The first-order valence-corrected chi connectivity index (χ1v) is 8.42. The summed E-state index contributed by atoms with van der Waals surface area (Å²) in [5.74, 6) is 1.65. The van der Waals surface area contributed by atoms with Crippen LogP contribution in [0, 0.1) is 5.92 Å². The number of fused-ring (bicyclic) bond motifs is 1. The van der Waals surface area contributed by atoms with Gasteiger partial charge in [0.2, 0.25) is 0 Å². The average Bonchev–Trinajstić information content (AvgIpc) is 2.94. The van der Waals surface area contributed by atoms with Crippen molar-refractivity contribution in [2.75, 3.05) is 18.0 Å². The number of nitrogens with one attached hydrogen (secondary N) is 1. The van der Waals surface area contributed by atoms with Crippen molar-refractivity contribution in [1.82, 2.24) is 15.3 Å². The predicted molar refractivity (Wildman–Crippen MR) is 87.6 cm³/mol. The quantitative estimate of drug-likeness (QED) is 0.922. The van der Waals surface area contributed by atoms with E-state index in [2.05, 4.69) is 40.5 Å². The Bertz CT molecular complexity index is 593. The number of nitrogens with zero attached hydrogens (tertiary/aromatic N) is 3. The molecule has 0 saturated heterocycles. The number of thiophene rings is 1. The van der Waals surface area contributed by atoms with Crippen LogP contribution in [-0.4, -0.2) is 23.1 Å². The highest BCUT2D eigenvalue weighted by molar-refractivity contribution is 7.10. The summed E-state index contributed by atoms with van der Waals surface area (Å²) in [7, 11) is 0. The topological polar surface area (TPSA) is 41.1 Å². The highest BCUT2D eigenvalue weighted by Gasteiger charge is 2.18. The van der Waals surface area contributed by atoms with Gasteiger partial charge in [0.05, 0.1) is 11.9 Å². The lowest BCUT2D eigenvalue weighted by Gasteiger charge is -2.27. The first-order valence-electron chi connectivity index (χ1n) is 7.54. The number of anilines is 1. The molecule has 1 aliphatic heterocycles. The molecular weight excluding hydrogens is 280 g/mol. The number of hydrogen-bond acceptors (Lipinski definition) is 5. The first-order chi connectivity index (χ1) is 10.2. The van der Waals surface area contributed by atoms with E-state index in [1.807, 2.05) is 23.7 Å². The van der Waals surface area contributed by atoms with Crippen LogP contribution in [0.4, 0.5) is 5.82 Å². The van der Waals surface area contributed by atoms with Gasteiger partial charge in [-0.05, 0) is 35.9 Å². The average molecular weight is 302 g/mol. The van der Waals surface area contributed by atoms with Gasteiger partial charge in [-0.25, -0.2) is 4.98 Å². The molecule has 0 aliphatic carbocycles. The molecule has 2 aromatic rings. The zero-order valence-corrected chi connectivity index (χ0v) is 13.5. The minimum absolute atomic E-state index is 0.653. The third-order valence-corrected chi connectivity index (χ3v) is 4.69. The molecule has 0 atom stereocenters. The van der Waals surface area contributed by atoms with Crippen molar-refractivity contribution < 1.29 is 0 Å². The number of aromatic nitrogens is 2. The highest BCUT2D eigenvalue weighted by Crippen LogP contribution is 2.26. The molecular formula is C16H22N4S. The van der Waals surface area contributed by atoms with E-state index in [4.69, 9.17) is 4.98 Å². The molecule has 3 rings (SSSR count). The second-order valence-electron chi connectivity index (χ2n) is 5.93. The van der Waals surface area contributed by atoms with Gasteiger partial charge in [-0.3, -0.25) is 4.98 Å². The number of rotatable bonds is 5. The van der Waals surface area contributed by atoms with E-state index in [-0.39, 0.29) is 0 Å². The molecule has 5 heteroatoms. The van der Waals surface area contributed by atoms with Crippen molar-refractivity contribution in [1.29, 1.82) is 0 Å². The molecule has 0 bridgehead atoms. The molecule has 4 nitrogen and oxygen atoms in total. The summed E-state index contributed by atoms with van der Waals surface area (Å²) in [4.78, 5) is 13.0. The summed E-state index contributed by atoms with van der Waals surface area (Å²) in [6.07, 6.45) is 4.85. The molecule has 3 heterocycles. The van der Waals surface area contributed by atoms with Crippen LogP contribution in [0.3, 0.4) is 0 Å². The third kappa shape index (κ3) is 3.60. The van der Waals surface area contributed by atoms with Crippen molar-refractivity contribution >= 4 is 17.2 Å². The van der Waals surface area contributed by atoms with Gasteiger partial charge in [0.15, 0.2) is 0 Å². The Morgan fingerprint density at radius 3 is 3.14 bits per heavy atom. The molecule has 21 heavy (non-hydrogen) atoms. The van der Waals surface area contributed by atoms with E-state index < -0.39 is 0 Å². The Balaban J connectivity index is 1.66. The molecule has 0 fully saturated rings. The van der Waals surface area contributed by atoms with Gasteiger partial charge in [0, 0.05) is 30.7 Å². The van der Waals surface area contributed by atoms with Crippen LogP contribution in [0.1, 0.15) is 30.0 Å². The smallest absolute Gasteiger partial charge is 0.147 e. The third-order valence-electron chi connectivity index (χ3n) is 3.66. The Morgan fingerprint density at radius 2 is 2.29 bits per heavy atom. The van der Waals surface area contributed by atoms with Crippen LogP contribution in [0.15, 0.2) is 23.8 Å². The van der Waals surface area contributed by atoms with E-state index in [1.165, 1.54) is 10.4 Å². The van der Waals surface area contributed by atoms with Crippen molar-refractivity contribution in [3.05, 3.63) is 40.0 Å². The summed E-state index contributed by atoms with van der Waals surface area (Å²) in [5, 5.41) is 5.61. The van der Waals surface area contributed by atoms with Crippen LogP contribution in [0.25, 0.3) is 0 Å². The maximum atomic E-state index is 4.75. The van der Waals surface area contributed by atoms with Crippen LogP contribution >= 0.6 is 11.3 Å². The van der Waals surface area contributed by atoms with Gasteiger partial charge < -0.3 is 10.2 Å². The van der Waals surface area contributed by atoms with Crippen molar-refractivity contribution in [2.24, 2.45) is 5.92 Å². The van der Waals surface area contributed by atoms with Crippen LogP contribution in [0.5, 0.6) is 0 Å². The lowest BCUT2D eigenvalue weighted by Crippen LogP contribution is -2.30. The van der Waals surface area contributed by atoms with Gasteiger partial charge in [-0.15, -0.1) is 11.3 Å². The summed E-state index contributed by atoms with van der Waals surface area (Å²) in [6, 6.07) is 2.23. The van der Waals surface area contributed by atoms with E-state index in [0.717, 1.165) is 44.1 Å². The van der Waals surface area contributed by atoms with Crippen LogP contribution in [0.2, 0.25) is 0 Å². The molecule has 112 valence electrons. The molecule has 0 amide bonds. The normalized spacial score (nSPS) is 14.5. The standard InChI is InChI=1S/C16H22N4S/c1-12(2)7-17-8-14-9-18-10-16(19-14)20-5-3-15-13(11-20)4-6-21-15/h4,6,9-10,12,17H,3,5,7-8,11H2,1-2H3. The van der Waals surface area contributed by atoms with E-state index in [9.17, 15) is 0 Å². The Labute approximate surface area is 130 Å². The highest BCUT2D eigenvalue weighted by atomic mass is 32.1. The molecule has 2 aromatic heterocycles. The number of hydrogen-bond donors (Lipinski definition) is 1. The van der Waals surface area contributed by atoms with Crippen molar-refractivity contribution in [3.8, 4) is 0 Å². The molecule has 0 spiro atoms. The zero-order chi connectivity index (χ0) is 14.7. The summed E-state index contributed by atoms with van der Waals surface area (Å²) in [5.41, 5.74) is 2.46. The monoisotopic (exact) mass is 302 g/mol. The fraction of sp³-hybridized carbons (Fsp3) is 0.500. The maximum Gasteiger partial charge on any atom is 0.147 e. The molecule has 0 aromatic carbocycles. The van der Waals surface area contributed by atoms with Crippen LogP contribution < -0.4 is 10.2 Å². The summed E-state index contributed by atoms with van der Waals surface area (Å²) >= 11 is 1.87. The minimum Gasteiger partial charge on any atom is -0.351 e. The van der Waals surface area contributed by atoms with E-state index >= 15 is 0 Å². The SMILES string of the molecule is CC(C)CNCc1cncc(N2CCc3sccc3C2)n1. The Morgan fingerprint density at radius 1 is 1.38 bits per heavy atom. The van der Waals surface area contributed by atoms with E-state index in [1.54, 1.807) is 0 Å². The van der Waals surface area contributed by atoms with Gasteiger partial charge in [-0.1, -0.05) is 13.8 Å². The van der Waals surface area contributed by atoms with Gasteiger partial charge in [0.1, 0.15) is 5.82 Å². The molecule has 0 saturated carbocycles. The Hall–Kier alpha value is -1.46. The largest absolute Gasteiger partial charge is 0.351 e. The maximum absolute atomic E-state index is 4.75.